The third-order valence-electron chi connectivity index (χ3n) is 3.56. The van der Waals surface area contributed by atoms with Crippen LogP contribution in [0.5, 0.6) is 0 Å². The molecule has 1 saturated heterocycles. The van der Waals surface area contributed by atoms with Gasteiger partial charge in [0.05, 0.1) is 6.04 Å². The summed E-state index contributed by atoms with van der Waals surface area (Å²) in [6, 6.07) is 19.9. The quantitative estimate of drug-likeness (QED) is 0.868. The summed E-state index contributed by atoms with van der Waals surface area (Å²) in [5.41, 5.74) is 2.29. The lowest BCUT2D eigenvalue weighted by Crippen LogP contribution is -2.48. The normalized spacial score (nSPS) is 22.3. The summed E-state index contributed by atoms with van der Waals surface area (Å²) in [5.74, 6) is -0.166. The van der Waals surface area contributed by atoms with Crippen LogP contribution in [0.4, 0.5) is 0 Å². The second-order valence-corrected chi connectivity index (χ2v) is 5.00. The van der Waals surface area contributed by atoms with Crippen LogP contribution in [-0.2, 0) is 16.0 Å². The van der Waals surface area contributed by atoms with Gasteiger partial charge in [0.2, 0.25) is 0 Å². The van der Waals surface area contributed by atoms with Crippen molar-refractivity contribution in [3.8, 4) is 0 Å². The molecule has 1 aliphatic heterocycles. The second-order valence-electron chi connectivity index (χ2n) is 5.00. The number of morpholine rings is 1. The predicted molar refractivity (Wildman–Crippen MR) is 77.2 cm³/mol. The number of ether oxygens (including phenoxy) is 1. The summed E-state index contributed by atoms with van der Waals surface area (Å²) in [7, 11) is 0. The summed E-state index contributed by atoms with van der Waals surface area (Å²) in [6.45, 7) is 0.397. The Morgan fingerprint density at radius 3 is 2.35 bits per heavy atom. The van der Waals surface area contributed by atoms with E-state index in [1.807, 2.05) is 48.5 Å². The molecular weight excluding hydrogens is 250 g/mol. The molecule has 0 saturated carbocycles. The summed E-state index contributed by atoms with van der Waals surface area (Å²) in [6.07, 6.45) is 0.656. The largest absolute Gasteiger partial charge is 0.462 e. The Morgan fingerprint density at radius 2 is 1.65 bits per heavy atom. The molecule has 20 heavy (non-hydrogen) atoms. The van der Waals surface area contributed by atoms with Crippen LogP contribution in [0.2, 0.25) is 0 Å². The zero-order valence-corrected chi connectivity index (χ0v) is 11.2. The van der Waals surface area contributed by atoms with Crippen molar-refractivity contribution in [3.05, 3.63) is 71.8 Å². The third-order valence-corrected chi connectivity index (χ3v) is 3.56. The lowest BCUT2D eigenvalue weighted by atomic mass is 10.0. The Kier molecular flexibility index (Phi) is 3.79. The Hall–Kier alpha value is -2.13. The molecule has 0 aliphatic carbocycles. The van der Waals surface area contributed by atoms with Crippen LogP contribution in [0, 0.1) is 0 Å². The highest BCUT2D eigenvalue weighted by molar-refractivity contribution is 5.77. The maximum absolute atomic E-state index is 11.9. The highest BCUT2D eigenvalue weighted by Gasteiger charge is 2.30. The molecule has 0 radical (unpaired) electrons. The van der Waals surface area contributed by atoms with Crippen LogP contribution in [-0.4, -0.2) is 18.6 Å². The van der Waals surface area contributed by atoms with E-state index in [2.05, 4.69) is 17.4 Å². The van der Waals surface area contributed by atoms with Gasteiger partial charge in [0.15, 0.2) is 0 Å². The van der Waals surface area contributed by atoms with E-state index in [-0.39, 0.29) is 18.1 Å². The number of esters is 1. The van der Waals surface area contributed by atoms with Gasteiger partial charge in [-0.05, 0) is 17.5 Å². The minimum absolute atomic E-state index is 0.0719. The molecule has 102 valence electrons. The molecule has 2 aromatic carbocycles. The lowest BCUT2D eigenvalue weighted by Gasteiger charge is -2.30. The van der Waals surface area contributed by atoms with Gasteiger partial charge in [-0.3, -0.25) is 10.1 Å². The van der Waals surface area contributed by atoms with Crippen molar-refractivity contribution >= 4 is 5.97 Å². The van der Waals surface area contributed by atoms with Crippen LogP contribution in [0.1, 0.15) is 17.2 Å². The maximum Gasteiger partial charge on any atom is 0.323 e. The molecule has 1 heterocycles. The van der Waals surface area contributed by atoms with Crippen LogP contribution in [0.15, 0.2) is 60.7 Å². The molecule has 0 bridgehead atoms. The smallest absolute Gasteiger partial charge is 0.323 e. The molecule has 0 spiro atoms. The summed E-state index contributed by atoms with van der Waals surface area (Å²) in [5, 5.41) is 3.39. The first-order valence-electron chi connectivity index (χ1n) is 6.84. The van der Waals surface area contributed by atoms with E-state index >= 15 is 0 Å². The van der Waals surface area contributed by atoms with Crippen molar-refractivity contribution < 1.29 is 9.53 Å². The fourth-order valence-corrected chi connectivity index (χ4v) is 2.49. The number of nitrogens with one attached hydrogen (secondary N) is 1. The molecular formula is C17H17NO2. The zero-order chi connectivity index (χ0) is 13.8. The van der Waals surface area contributed by atoms with Crippen LogP contribution in [0.25, 0.3) is 0 Å². The van der Waals surface area contributed by atoms with E-state index in [4.69, 9.17) is 4.74 Å². The average molecular weight is 267 g/mol. The fourth-order valence-electron chi connectivity index (χ4n) is 2.49. The summed E-state index contributed by atoms with van der Waals surface area (Å²) >= 11 is 0. The Bertz CT molecular complexity index is 568. The van der Waals surface area contributed by atoms with Crippen molar-refractivity contribution in [3.63, 3.8) is 0 Å². The molecule has 1 N–H and O–H groups in total. The Balaban J connectivity index is 1.72. The first kappa shape index (κ1) is 12.9. The molecule has 3 nitrogen and oxygen atoms in total. The molecule has 0 unspecified atom stereocenters. The second kappa shape index (κ2) is 5.88. The number of benzene rings is 2. The Labute approximate surface area is 118 Å². The predicted octanol–water partition coefficient (Wildman–Crippen LogP) is 2.49. The van der Waals surface area contributed by atoms with E-state index in [1.54, 1.807) is 0 Å². The lowest BCUT2D eigenvalue weighted by molar-refractivity contribution is -0.151. The van der Waals surface area contributed by atoms with Crippen molar-refractivity contribution in [2.75, 3.05) is 6.61 Å². The van der Waals surface area contributed by atoms with Gasteiger partial charge < -0.3 is 4.74 Å². The van der Waals surface area contributed by atoms with E-state index in [1.165, 1.54) is 0 Å². The van der Waals surface area contributed by atoms with Crippen molar-refractivity contribution in [1.29, 1.82) is 0 Å². The molecule has 2 aromatic rings. The highest BCUT2D eigenvalue weighted by Crippen LogP contribution is 2.19. The van der Waals surface area contributed by atoms with Crippen molar-refractivity contribution in [1.82, 2.24) is 5.32 Å². The Morgan fingerprint density at radius 1 is 1.00 bits per heavy atom. The van der Waals surface area contributed by atoms with Crippen LogP contribution >= 0.6 is 0 Å². The van der Waals surface area contributed by atoms with Gasteiger partial charge in [-0.2, -0.15) is 0 Å². The average Bonchev–Trinajstić information content (AvgIpc) is 2.51. The molecule has 1 fully saturated rings. The summed E-state index contributed by atoms with van der Waals surface area (Å²) in [4.78, 5) is 11.9. The molecule has 0 aromatic heterocycles. The number of hydrogen-bond acceptors (Lipinski definition) is 3. The van der Waals surface area contributed by atoms with Gasteiger partial charge in [0.1, 0.15) is 12.6 Å². The number of carbonyl (C=O) groups is 1. The number of hydrogen-bond donors (Lipinski definition) is 1. The van der Waals surface area contributed by atoms with E-state index < -0.39 is 0 Å². The van der Waals surface area contributed by atoms with E-state index in [9.17, 15) is 4.79 Å². The summed E-state index contributed by atoms with van der Waals surface area (Å²) < 4.78 is 5.33. The third kappa shape index (κ3) is 2.89. The first-order valence-corrected chi connectivity index (χ1v) is 6.84. The van der Waals surface area contributed by atoms with Crippen LogP contribution < -0.4 is 5.32 Å². The van der Waals surface area contributed by atoms with Gasteiger partial charge in [-0.15, -0.1) is 0 Å². The highest BCUT2D eigenvalue weighted by atomic mass is 16.5. The number of rotatable bonds is 3. The van der Waals surface area contributed by atoms with E-state index in [0.29, 0.717) is 13.0 Å². The molecule has 1 aliphatic rings. The zero-order valence-electron chi connectivity index (χ0n) is 11.2. The molecule has 3 rings (SSSR count). The first-order chi connectivity index (χ1) is 9.83. The SMILES string of the molecule is O=C1OC[C@@H](c2ccccc2)N[C@H]1Cc1ccccc1. The van der Waals surface area contributed by atoms with Gasteiger partial charge in [-0.25, -0.2) is 0 Å². The number of cyclic esters (lactones) is 1. The van der Waals surface area contributed by atoms with E-state index in [0.717, 1.165) is 11.1 Å². The fraction of sp³-hybridized carbons (Fsp3) is 0.235. The van der Waals surface area contributed by atoms with Gasteiger partial charge in [0.25, 0.3) is 0 Å². The molecule has 3 heteroatoms. The van der Waals surface area contributed by atoms with Gasteiger partial charge in [-0.1, -0.05) is 60.7 Å². The van der Waals surface area contributed by atoms with Crippen molar-refractivity contribution in [2.45, 2.75) is 18.5 Å². The minimum Gasteiger partial charge on any atom is -0.462 e. The van der Waals surface area contributed by atoms with Crippen LogP contribution in [0.3, 0.4) is 0 Å². The standard InChI is InChI=1S/C17H17NO2/c19-17-15(11-13-7-3-1-4-8-13)18-16(12-20-17)14-9-5-2-6-10-14/h1-10,15-16,18H,11-12H2/t15-,16-/m0/s1. The monoisotopic (exact) mass is 267 g/mol. The van der Waals surface area contributed by atoms with Crippen molar-refractivity contribution in [2.24, 2.45) is 0 Å². The maximum atomic E-state index is 11.9. The van der Waals surface area contributed by atoms with Gasteiger partial charge >= 0.3 is 5.97 Å². The number of carbonyl (C=O) groups excluding carboxylic acids is 1. The topological polar surface area (TPSA) is 38.3 Å². The molecule has 0 amide bonds. The van der Waals surface area contributed by atoms with Gasteiger partial charge in [0, 0.05) is 0 Å². The minimum atomic E-state index is -0.281. The molecule has 2 atom stereocenters.